The molecule has 8 nitrogen and oxygen atoms in total. The smallest absolute Gasteiger partial charge is 0.309 e. The Morgan fingerprint density at radius 3 is 1.68 bits per heavy atom. The van der Waals surface area contributed by atoms with Crippen LogP contribution in [0.25, 0.3) is 0 Å². The van der Waals surface area contributed by atoms with Crippen molar-refractivity contribution < 1.29 is 38.0 Å². The first-order valence-corrected chi connectivity index (χ1v) is 10.3. The van der Waals surface area contributed by atoms with E-state index in [0.29, 0.717) is 65.7 Å². The topological polar surface area (TPSA) is 89.5 Å². The fraction of sp³-hybridized carbons (Fsp3) is 0.900. The molecule has 1 atom stereocenters. The van der Waals surface area contributed by atoms with Gasteiger partial charge in [0.2, 0.25) is 0 Å². The average Bonchev–Trinajstić information content (AvgIpc) is 2.69. The maximum absolute atomic E-state index is 12.2. The fourth-order valence-electron chi connectivity index (χ4n) is 2.35. The Morgan fingerprint density at radius 1 is 0.643 bits per heavy atom. The van der Waals surface area contributed by atoms with Crippen LogP contribution in [0.5, 0.6) is 0 Å². The molecule has 8 heteroatoms. The monoisotopic (exact) mass is 406 g/mol. The van der Waals surface area contributed by atoms with Gasteiger partial charge in [-0.05, 0) is 26.7 Å². The van der Waals surface area contributed by atoms with Gasteiger partial charge in [-0.2, -0.15) is 0 Å². The number of hydrogen-bond donors (Lipinski definition) is 0. The molecule has 0 radical (unpaired) electrons. The second-order valence-electron chi connectivity index (χ2n) is 6.03. The van der Waals surface area contributed by atoms with Gasteiger partial charge in [0.25, 0.3) is 0 Å². The molecular formula is C20H38O8. The number of carbonyl (C=O) groups is 2. The lowest BCUT2D eigenvalue weighted by Crippen LogP contribution is -2.22. The minimum atomic E-state index is -0.332. The summed E-state index contributed by atoms with van der Waals surface area (Å²) in [5.41, 5.74) is 0. The van der Waals surface area contributed by atoms with E-state index in [1.54, 1.807) is 0 Å². The van der Waals surface area contributed by atoms with Gasteiger partial charge < -0.3 is 28.4 Å². The summed E-state index contributed by atoms with van der Waals surface area (Å²) >= 11 is 0. The summed E-state index contributed by atoms with van der Waals surface area (Å²) < 4.78 is 31.2. The van der Waals surface area contributed by atoms with E-state index in [1.165, 1.54) is 0 Å². The molecule has 0 aromatic heterocycles. The lowest BCUT2D eigenvalue weighted by atomic mass is 9.98. The maximum Gasteiger partial charge on any atom is 0.309 e. The molecule has 0 aliphatic carbocycles. The summed E-state index contributed by atoms with van der Waals surface area (Å²) in [6.07, 6.45) is 2.12. The maximum atomic E-state index is 12.2. The van der Waals surface area contributed by atoms with Gasteiger partial charge in [0.15, 0.2) is 0 Å². The molecule has 1 unspecified atom stereocenters. The first-order valence-electron chi connectivity index (χ1n) is 10.3. The molecule has 0 aromatic rings. The zero-order valence-corrected chi connectivity index (χ0v) is 17.7. The van der Waals surface area contributed by atoms with Crippen molar-refractivity contribution in [1.82, 2.24) is 0 Å². The van der Waals surface area contributed by atoms with Crippen molar-refractivity contribution in [2.45, 2.75) is 46.5 Å². The molecule has 28 heavy (non-hydrogen) atoms. The van der Waals surface area contributed by atoms with Gasteiger partial charge in [0.1, 0.15) is 13.2 Å². The van der Waals surface area contributed by atoms with E-state index in [2.05, 4.69) is 0 Å². The number of carbonyl (C=O) groups excluding carboxylic acids is 2. The lowest BCUT2D eigenvalue weighted by Gasteiger charge is -2.15. The second kappa shape index (κ2) is 20.5. The Hall–Kier alpha value is -1.22. The number of ether oxygens (including phenoxy) is 6. The van der Waals surface area contributed by atoms with Crippen LogP contribution in [0.1, 0.15) is 46.5 Å². The van der Waals surface area contributed by atoms with Crippen molar-refractivity contribution in [3.05, 3.63) is 0 Å². The number of hydrogen-bond acceptors (Lipinski definition) is 8. The van der Waals surface area contributed by atoms with Crippen LogP contribution in [0, 0.1) is 5.92 Å². The van der Waals surface area contributed by atoms with E-state index in [4.69, 9.17) is 28.4 Å². The van der Waals surface area contributed by atoms with Gasteiger partial charge in [0, 0.05) is 19.6 Å². The third kappa shape index (κ3) is 16.9. The largest absolute Gasteiger partial charge is 0.463 e. The van der Waals surface area contributed by atoms with Gasteiger partial charge >= 0.3 is 11.9 Å². The number of rotatable bonds is 20. The molecule has 0 fully saturated rings. The Labute approximate surface area is 169 Å². The minimum absolute atomic E-state index is 0.184. The Morgan fingerprint density at radius 2 is 1.14 bits per heavy atom. The van der Waals surface area contributed by atoms with Gasteiger partial charge in [-0.15, -0.1) is 0 Å². The minimum Gasteiger partial charge on any atom is -0.463 e. The predicted octanol–water partition coefficient (Wildman–Crippen LogP) is 2.38. The lowest BCUT2D eigenvalue weighted by molar-refractivity contribution is -0.151. The Balaban J connectivity index is 3.83. The van der Waals surface area contributed by atoms with Gasteiger partial charge in [-0.25, -0.2) is 0 Å². The third-order valence-electron chi connectivity index (χ3n) is 3.78. The molecule has 0 spiro atoms. The van der Waals surface area contributed by atoms with E-state index in [9.17, 15) is 9.59 Å². The van der Waals surface area contributed by atoms with Crippen LogP contribution >= 0.6 is 0 Å². The second-order valence-corrected chi connectivity index (χ2v) is 6.03. The summed E-state index contributed by atoms with van der Waals surface area (Å²) in [6, 6.07) is 0. The molecule has 0 rings (SSSR count). The van der Waals surface area contributed by atoms with Gasteiger partial charge in [-0.3, -0.25) is 9.59 Å². The first kappa shape index (κ1) is 26.8. The summed E-state index contributed by atoms with van der Waals surface area (Å²) in [7, 11) is 0. The molecule has 0 aliphatic heterocycles. The van der Waals surface area contributed by atoms with E-state index in [1.807, 2.05) is 20.8 Å². The highest BCUT2D eigenvalue weighted by atomic mass is 16.6. The summed E-state index contributed by atoms with van der Waals surface area (Å²) in [4.78, 5) is 24.0. The summed E-state index contributed by atoms with van der Waals surface area (Å²) in [6.45, 7) is 10.2. The standard InChI is InChI=1S/C20H38O8/c1-4-7-18(20(22)28-17-15-26-13-11-24-6-3)8-9-19(21)27-16-14-25-12-10-23-5-2/h18H,4-17H2,1-3H3. The first-order chi connectivity index (χ1) is 13.7. The fourth-order valence-corrected chi connectivity index (χ4v) is 2.35. The molecule has 0 N–H and O–H groups in total. The van der Waals surface area contributed by atoms with E-state index in [-0.39, 0.29) is 37.5 Å². The quantitative estimate of drug-likeness (QED) is 0.225. The van der Waals surface area contributed by atoms with Crippen LogP contribution in [0.4, 0.5) is 0 Å². The molecule has 0 saturated carbocycles. The van der Waals surface area contributed by atoms with Crippen molar-refractivity contribution >= 4 is 11.9 Å². The molecule has 0 aliphatic rings. The Bertz CT molecular complexity index is 375. The van der Waals surface area contributed by atoms with Crippen LogP contribution in [-0.4, -0.2) is 78.0 Å². The number of esters is 2. The normalized spacial score (nSPS) is 12.0. The van der Waals surface area contributed by atoms with Crippen molar-refractivity contribution in [2.75, 3.05) is 66.1 Å². The average molecular weight is 407 g/mol. The van der Waals surface area contributed by atoms with Gasteiger partial charge in [-0.1, -0.05) is 13.3 Å². The summed E-state index contributed by atoms with van der Waals surface area (Å²) in [5.74, 6) is -0.924. The molecule has 0 heterocycles. The van der Waals surface area contributed by atoms with Crippen molar-refractivity contribution in [3.8, 4) is 0 Å². The van der Waals surface area contributed by atoms with Gasteiger partial charge in [0.05, 0.1) is 45.6 Å². The molecule has 0 aromatic carbocycles. The van der Waals surface area contributed by atoms with Crippen molar-refractivity contribution in [3.63, 3.8) is 0 Å². The molecular weight excluding hydrogens is 368 g/mol. The van der Waals surface area contributed by atoms with E-state index >= 15 is 0 Å². The van der Waals surface area contributed by atoms with Crippen LogP contribution in [0.2, 0.25) is 0 Å². The zero-order chi connectivity index (χ0) is 20.9. The molecule has 166 valence electrons. The highest BCUT2D eigenvalue weighted by Crippen LogP contribution is 2.16. The highest BCUT2D eigenvalue weighted by molar-refractivity contribution is 5.74. The molecule has 0 amide bonds. The van der Waals surface area contributed by atoms with Crippen molar-refractivity contribution in [1.29, 1.82) is 0 Å². The third-order valence-corrected chi connectivity index (χ3v) is 3.78. The van der Waals surface area contributed by atoms with E-state index < -0.39 is 0 Å². The molecule has 0 saturated heterocycles. The SMILES string of the molecule is CCCC(CCC(=O)OCCOCCOCC)C(=O)OCCOCCOCC. The van der Waals surface area contributed by atoms with Crippen LogP contribution in [-0.2, 0) is 38.0 Å². The van der Waals surface area contributed by atoms with Crippen LogP contribution < -0.4 is 0 Å². The Kier molecular flexibility index (Phi) is 19.6. The zero-order valence-electron chi connectivity index (χ0n) is 17.7. The molecule has 0 bridgehead atoms. The van der Waals surface area contributed by atoms with Crippen molar-refractivity contribution in [2.24, 2.45) is 5.92 Å². The highest BCUT2D eigenvalue weighted by Gasteiger charge is 2.20. The van der Waals surface area contributed by atoms with Crippen LogP contribution in [0.15, 0.2) is 0 Å². The van der Waals surface area contributed by atoms with Crippen LogP contribution in [0.3, 0.4) is 0 Å². The summed E-state index contributed by atoms with van der Waals surface area (Å²) in [5, 5.41) is 0. The van der Waals surface area contributed by atoms with E-state index in [0.717, 1.165) is 6.42 Å². The predicted molar refractivity (Wildman–Crippen MR) is 104 cm³/mol.